The average molecular weight is 899 g/mol. The lowest BCUT2D eigenvalue weighted by Crippen LogP contribution is -2.67. The zero-order valence-electron chi connectivity index (χ0n) is 37.8. The monoisotopic (exact) mass is 898 g/mol. The molecule has 360 valence electrons. The van der Waals surface area contributed by atoms with Crippen LogP contribution in [0.1, 0.15) is 99.8 Å². The summed E-state index contributed by atoms with van der Waals surface area (Å²) in [6.07, 6.45) is -11.0. The molecule has 24 atom stereocenters. The van der Waals surface area contributed by atoms with Crippen LogP contribution in [-0.2, 0) is 37.9 Å². The van der Waals surface area contributed by atoms with Crippen molar-refractivity contribution in [2.75, 3.05) is 26.4 Å². The van der Waals surface area contributed by atoms with Gasteiger partial charge in [0.2, 0.25) is 0 Å². The minimum atomic E-state index is -1.79. The molecule has 4 saturated carbocycles. The second-order valence-electron chi connectivity index (χ2n) is 22.5. The summed E-state index contributed by atoms with van der Waals surface area (Å²) in [5.41, 5.74) is -0.453. The van der Waals surface area contributed by atoms with Crippen molar-refractivity contribution in [2.45, 2.75) is 203 Å². The second-order valence-corrected chi connectivity index (χ2v) is 22.5. The molecule has 9 N–H and O–H groups in total. The lowest BCUT2D eigenvalue weighted by molar-refractivity contribution is -0.375. The van der Waals surface area contributed by atoms with Crippen LogP contribution < -0.4 is 0 Å². The van der Waals surface area contributed by atoms with Crippen LogP contribution >= 0.6 is 0 Å². The third kappa shape index (κ3) is 7.11. The zero-order chi connectivity index (χ0) is 45.4. The number of aliphatic hydroxyl groups excluding tert-OH is 8. The highest BCUT2D eigenvalue weighted by molar-refractivity contribution is 5.26. The first-order valence-electron chi connectivity index (χ1n) is 23.5. The Morgan fingerprint density at radius 2 is 1.35 bits per heavy atom. The number of hydrogen-bond acceptors (Lipinski definition) is 17. The number of fused-ring (bicyclic) bond motifs is 4. The highest BCUT2D eigenvalue weighted by Crippen LogP contribution is 2.80. The Morgan fingerprint density at radius 1 is 0.714 bits per heavy atom. The van der Waals surface area contributed by atoms with E-state index in [0.29, 0.717) is 25.4 Å². The first-order valence-corrected chi connectivity index (χ1v) is 23.5. The van der Waals surface area contributed by atoms with Crippen LogP contribution in [0.15, 0.2) is 11.6 Å². The van der Waals surface area contributed by atoms with Crippen LogP contribution in [0, 0.1) is 45.3 Å². The smallest absolute Gasteiger partial charge is 0.187 e. The quantitative estimate of drug-likeness (QED) is 0.114. The molecule has 0 aromatic rings. The van der Waals surface area contributed by atoms with Crippen molar-refractivity contribution in [3.8, 4) is 0 Å². The molecule has 2 spiro atoms. The molecular formula is C46H74O17. The van der Waals surface area contributed by atoms with Gasteiger partial charge >= 0.3 is 0 Å². The van der Waals surface area contributed by atoms with Crippen molar-refractivity contribution in [2.24, 2.45) is 45.3 Å². The molecule has 9 aliphatic rings. The fourth-order valence-electron chi connectivity index (χ4n) is 15.6. The van der Waals surface area contributed by atoms with E-state index in [4.69, 9.17) is 37.9 Å². The SMILES string of the molecule is CC(C)=C[C@H]1C[C@](C)(O)[C@@H]2[C@H]3CC[C@@H]4[C@@]5(C)CC[C@H](O[C@@H]6OC[C@H](O)[C@@H](O[C@@H]7OC(CO)[C@@H](O)[C@@H](O)C7O)C6O[C@@H]6O[C@@H](CO)C(O)[C@@H]6O)C(C)(C)[C@@H]5CC[C@@]4(C)[C@@]34CO[C@@]2(C4)O1. The Balaban J connectivity index is 0.969. The van der Waals surface area contributed by atoms with Crippen LogP contribution in [0.25, 0.3) is 0 Å². The summed E-state index contributed by atoms with van der Waals surface area (Å²) in [6.45, 7) is 14.6. The van der Waals surface area contributed by atoms with Crippen LogP contribution in [0.4, 0.5) is 0 Å². The van der Waals surface area contributed by atoms with Crippen molar-refractivity contribution >= 4 is 0 Å². The third-order valence-corrected chi connectivity index (χ3v) is 18.4. The fourth-order valence-corrected chi connectivity index (χ4v) is 15.6. The van der Waals surface area contributed by atoms with Crippen LogP contribution in [0.2, 0.25) is 0 Å². The number of aliphatic hydroxyl groups is 9. The molecule has 4 unspecified atom stereocenters. The molecule has 9 rings (SSSR count). The largest absolute Gasteiger partial charge is 0.394 e. The first-order chi connectivity index (χ1) is 29.6. The Morgan fingerprint density at radius 3 is 2.00 bits per heavy atom. The minimum Gasteiger partial charge on any atom is -0.394 e. The Kier molecular flexibility index (Phi) is 12.2. The topological polar surface area (TPSA) is 256 Å². The standard InChI is InChI=1S/C46H74O17/c1-21(2)14-22-15-44(7,55)37-23-8-9-28-42(5)12-11-29(41(3,4)27(42)10-13-43(28,6)45(23)19-46(37,63-22)57-20-45)60-40-36(62-38-33(53)31(51)26(17-48)59-38)35(24(49)18-56-40)61-39-34(54)32(52)30(50)25(16-47)58-39/h14,22-40,47-55H,8-13,15-20H2,1-7H3/t22-,23+,24-,25?,26-,27-,28+,29-,30+,31?,32+,33-,34?,35+,36?,37-,38-,39-,40-,42-,43+,44-,45-,46-/m0/s1. The van der Waals surface area contributed by atoms with Gasteiger partial charge in [0.15, 0.2) is 24.7 Å². The van der Waals surface area contributed by atoms with Crippen LogP contribution in [0.3, 0.4) is 0 Å². The number of ether oxygens (including phenoxy) is 8. The summed E-state index contributed by atoms with van der Waals surface area (Å²) >= 11 is 0. The summed E-state index contributed by atoms with van der Waals surface area (Å²) in [5, 5.41) is 96.7. The van der Waals surface area contributed by atoms with Gasteiger partial charge in [-0.3, -0.25) is 0 Å². The van der Waals surface area contributed by atoms with E-state index in [2.05, 4.69) is 47.6 Å². The van der Waals surface area contributed by atoms with Gasteiger partial charge in [-0.15, -0.1) is 0 Å². The summed E-state index contributed by atoms with van der Waals surface area (Å²) in [6, 6.07) is 0. The van der Waals surface area contributed by atoms with E-state index in [-0.39, 0.29) is 52.8 Å². The Hall–Kier alpha value is -0.940. The van der Waals surface area contributed by atoms with Gasteiger partial charge in [0.05, 0.1) is 44.2 Å². The molecule has 0 amide bonds. The molecule has 4 aliphatic carbocycles. The molecule has 9 fully saturated rings. The van der Waals surface area contributed by atoms with Gasteiger partial charge in [0, 0.05) is 24.2 Å². The summed E-state index contributed by atoms with van der Waals surface area (Å²) < 4.78 is 50.7. The maximum Gasteiger partial charge on any atom is 0.187 e. The number of allylic oxidation sites excluding steroid dienone is 1. The van der Waals surface area contributed by atoms with Crippen molar-refractivity contribution in [1.29, 1.82) is 0 Å². The summed E-state index contributed by atoms with van der Waals surface area (Å²) in [7, 11) is 0. The van der Waals surface area contributed by atoms with Gasteiger partial charge in [-0.1, -0.05) is 39.3 Å². The molecule has 0 aromatic carbocycles. The maximum absolute atomic E-state index is 12.2. The molecule has 5 saturated heterocycles. The molecule has 63 heavy (non-hydrogen) atoms. The third-order valence-electron chi connectivity index (χ3n) is 18.4. The van der Waals surface area contributed by atoms with E-state index < -0.39 is 110 Å². The van der Waals surface area contributed by atoms with Gasteiger partial charge in [0.25, 0.3) is 0 Å². The molecule has 5 aliphatic heterocycles. The van der Waals surface area contributed by atoms with Crippen molar-refractivity contribution in [3.63, 3.8) is 0 Å². The van der Waals surface area contributed by atoms with Gasteiger partial charge in [-0.25, -0.2) is 0 Å². The Bertz CT molecular complexity index is 1710. The van der Waals surface area contributed by atoms with Gasteiger partial charge in [0.1, 0.15) is 61.0 Å². The highest BCUT2D eigenvalue weighted by atomic mass is 16.8. The number of hydrogen-bond donors (Lipinski definition) is 9. The second kappa shape index (κ2) is 16.4. The average Bonchev–Trinajstić information content (AvgIpc) is 3.83. The van der Waals surface area contributed by atoms with Crippen LogP contribution in [0.5, 0.6) is 0 Å². The van der Waals surface area contributed by atoms with Gasteiger partial charge < -0.3 is 83.9 Å². The lowest BCUT2D eigenvalue weighted by Gasteiger charge is -2.70. The molecule has 0 aromatic heterocycles. The highest BCUT2D eigenvalue weighted by Gasteiger charge is 2.81. The normalized spacial score (nSPS) is 57.2. The van der Waals surface area contributed by atoms with Gasteiger partial charge in [-0.05, 0) is 93.3 Å². The summed E-state index contributed by atoms with van der Waals surface area (Å²) in [4.78, 5) is 0. The first kappa shape index (κ1) is 47.1. The molecule has 5 heterocycles. The van der Waals surface area contributed by atoms with E-state index in [1.807, 2.05) is 6.92 Å². The van der Waals surface area contributed by atoms with E-state index in [0.717, 1.165) is 44.1 Å². The molecular weight excluding hydrogens is 824 g/mol. The lowest BCUT2D eigenvalue weighted by atomic mass is 9.35. The molecule has 0 radical (unpaired) electrons. The number of rotatable bonds is 9. The fraction of sp³-hybridized carbons (Fsp3) is 0.957. The van der Waals surface area contributed by atoms with E-state index in [9.17, 15) is 46.0 Å². The maximum atomic E-state index is 12.2. The van der Waals surface area contributed by atoms with Crippen molar-refractivity contribution in [1.82, 2.24) is 0 Å². The van der Waals surface area contributed by atoms with E-state index in [1.165, 1.54) is 0 Å². The van der Waals surface area contributed by atoms with E-state index >= 15 is 0 Å². The predicted molar refractivity (Wildman–Crippen MR) is 219 cm³/mol. The van der Waals surface area contributed by atoms with Crippen molar-refractivity contribution in [3.05, 3.63) is 11.6 Å². The molecule has 2 bridgehead atoms. The van der Waals surface area contributed by atoms with E-state index in [1.54, 1.807) is 0 Å². The summed E-state index contributed by atoms with van der Waals surface area (Å²) in [5.74, 6) is -0.0237. The molecule has 17 nitrogen and oxygen atoms in total. The van der Waals surface area contributed by atoms with Crippen LogP contribution in [-0.4, -0.2) is 176 Å². The predicted octanol–water partition coefficient (Wildman–Crippen LogP) is 0.606. The molecule has 17 heteroatoms. The van der Waals surface area contributed by atoms with Gasteiger partial charge in [-0.2, -0.15) is 0 Å². The Labute approximate surface area is 369 Å². The minimum absolute atomic E-state index is 0.0626. The zero-order valence-corrected chi connectivity index (χ0v) is 37.8. The van der Waals surface area contributed by atoms with Crippen molar-refractivity contribution < 1.29 is 83.9 Å².